The first-order valence-electron chi connectivity index (χ1n) is 9.51. The number of β-amino-alcohol motifs (C(OH)–C–C–N with tert-alkyl or cyclic N) is 1. The highest BCUT2D eigenvalue weighted by Crippen LogP contribution is 2.36. The van der Waals surface area contributed by atoms with Gasteiger partial charge in [0.1, 0.15) is 5.52 Å². The van der Waals surface area contributed by atoms with Gasteiger partial charge in [-0.1, -0.05) is 25.1 Å². The normalized spacial score (nSPS) is 19.6. The number of aromatic amines is 1. The maximum atomic E-state index is 12.7. The second-order valence-corrected chi connectivity index (χ2v) is 7.16. The molecule has 9 nitrogen and oxygen atoms in total. The number of carbonyl (C=O) groups excluding carboxylic acids is 2. The molecule has 0 radical (unpaired) electrons. The third-order valence-electron chi connectivity index (χ3n) is 5.42. The smallest absolute Gasteiger partial charge is 0.279 e. The summed E-state index contributed by atoms with van der Waals surface area (Å²) in [6.45, 7) is 3.11. The number of amides is 2. The van der Waals surface area contributed by atoms with E-state index in [4.69, 9.17) is 5.11 Å². The average molecular weight is 394 g/mol. The van der Waals surface area contributed by atoms with E-state index in [2.05, 4.69) is 19.9 Å². The Hall–Kier alpha value is -3.33. The maximum Gasteiger partial charge on any atom is 0.279 e. The number of H-pyrrole nitrogens is 1. The Balaban J connectivity index is 1.76. The number of hydrogen-bond donors (Lipinski definition) is 2. The Labute approximate surface area is 166 Å². The molecule has 1 aromatic carbocycles. The van der Waals surface area contributed by atoms with Gasteiger partial charge in [-0.05, 0) is 18.6 Å². The number of benzene rings is 1. The highest BCUT2D eigenvalue weighted by molar-refractivity contribution is 5.95. The largest absolute Gasteiger partial charge is 0.395 e. The first kappa shape index (κ1) is 19.0. The van der Waals surface area contributed by atoms with E-state index in [1.807, 2.05) is 13.0 Å². The summed E-state index contributed by atoms with van der Waals surface area (Å²) in [6, 6.07) is 8.81. The molecule has 2 N–H and O–H groups in total. The number of fused-ring (bicyclic) bond motifs is 1. The van der Waals surface area contributed by atoms with E-state index in [9.17, 15) is 9.59 Å². The Morgan fingerprint density at radius 1 is 1.31 bits per heavy atom. The Morgan fingerprint density at radius 3 is 2.79 bits per heavy atom. The lowest BCUT2D eigenvalue weighted by molar-refractivity contribution is -0.163. The van der Waals surface area contributed by atoms with Crippen molar-refractivity contribution in [2.45, 2.75) is 19.9 Å². The highest BCUT2D eigenvalue weighted by Gasteiger charge is 2.50. The van der Waals surface area contributed by atoms with Gasteiger partial charge in [-0.3, -0.25) is 9.59 Å². The number of aromatic nitrogens is 4. The number of rotatable bonds is 6. The zero-order valence-electron chi connectivity index (χ0n) is 16.1. The molecule has 0 bridgehead atoms. The molecule has 0 spiro atoms. The minimum atomic E-state index is -0.602. The van der Waals surface area contributed by atoms with Gasteiger partial charge in [0.15, 0.2) is 11.1 Å². The second kappa shape index (κ2) is 7.59. The zero-order valence-corrected chi connectivity index (χ0v) is 16.1. The summed E-state index contributed by atoms with van der Waals surface area (Å²) >= 11 is 0. The number of likely N-dealkylation sites (tertiary alicyclic amines) is 1. The molecule has 2 amide bonds. The molecule has 4 rings (SSSR count). The predicted molar refractivity (Wildman–Crippen MR) is 105 cm³/mol. The molecule has 2 aromatic heterocycles. The van der Waals surface area contributed by atoms with Crippen molar-refractivity contribution in [1.82, 2.24) is 24.4 Å². The fraction of sp³-hybridized carbons (Fsp3) is 0.350. The highest BCUT2D eigenvalue weighted by atomic mass is 16.3. The van der Waals surface area contributed by atoms with Crippen LogP contribution in [0.5, 0.6) is 0 Å². The van der Waals surface area contributed by atoms with Crippen LogP contribution in [0.4, 0.5) is 0 Å². The van der Waals surface area contributed by atoms with Gasteiger partial charge in [0.25, 0.3) is 5.91 Å². The van der Waals surface area contributed by atoms with E-state index in [0.29, 0.717) is 48.3 Å². The van der Waals surface area contributed by atoms with Crippen molar-refractivity contribution in [1.29, 1.82) is 0 Å². The second-order valence-electron chi connectivity index (χ2n) is 7.16. The van der Waals surface area contributed by atoms with E-state index < -0.39 is 5.41 Å². The molecule has 1 aliphatic rings. The molecule has 1 aliphatic heterocycles. The van der Waals surface area contributed by atoms with E-state index >= 15 is 0 Å². The van der Waals surface area contributed by atoms with Crippen LogP contribution in [0.15, 0.2) is 48.0 Å². The number of β-lactam (4-membered cyclic amide) rings is 1. The fourth-order valence-electron chi connectivity index (χ4n) is 3.72. The molecule has 0 aliphatic carbocycles. The molecular formula is C20H22N6O3. The Bertz CT molecular complexity index is 1120. The molecular weight excluding hydrogens is 372 g/mol. The zero-order chi connectivity index (χ0) is 20.4. The molecule has 3 heterocycles. The molecule has 29 heavy (non-hydrogen) atoms. The fourth-order valence-corrected chi connectivity index (χ4v) is 3.72. The number of hydrogen-bond acceptors (Lipinski definition) is 5. The third kappa shape index (κ3) is 3.33. The summed E-state index contributed by atoms with van der Waals surface area (Å²) in [4.78, 5) is 42.9. The predicted octanol–water partition coefficient (Wildman–Crippen LogP) is 0.731. The topological polar surface area (TPSA) is 116 Å². The lowest BCUT2D eigenvalue weighted by Gasteiger charge is -2.48. The van der Waals surface area contributed by atoms with Crippen LogP contribution in [0.1, 0.15) is 23.7 Å². The van der Waals surface area contributed by atoms with Gasteiger partial charge in [0, 0.05) is 25.2 Å². The van der Waals surface area contributed by atoms with Gasteiger partial charge < -0.3 is 19.6 Å². The minimum absolute atomic E-state index is 0.00778. The summed E-state index contributed by atoms with van der Waals surface area (Å²) in [5.41, 5.74) is 1.26. The summed E-state index contributed by atoms with van der Waals surface area (Å²) in [5.74, 6) is -0.388. The van der Waals surface area contributed by atoms with Crippen molar-refractivity contribution in [3.05, 3.63) is 54.0 Å². The van der Waals surface area contributed by atoms with Crippen molar-refractivity contribution in [2.24, 2.45) is 10.4 Å². The molecule has 1 fully saturated rings. The number of nitrogens with one attached hydrogen (secondary N) is 1. The van der Waals surface area contributed by atoms with Crippen molar-refractivity contribution in [2.75, 3.05) is 19.7 Å². The summed E-state index contributed by atoms with van der Waals surface area (Å²) in [5, 5.41) is 9.13. The lowest BCUT2D eigenvalue weighted by atomic mass is 9.76. The number of aliphatic hydroxyl groups is 1. The first-order chi connectivity index (χ1) is 14.1. The van der Waals surface area contributed by atoms with Crippen LogP contribution < -0.4 is 5.49 Å². The van der Waals surface area contributed by atoms with Crippen LogP contribution in [-0.2, 0) is 11.3 Å². The third-order valence-corrected chi connectivity index (χ3v) is 5.42. The number of imidazole rings is 1. The Morgan fingerprint density at radius 2 is 2.10 bits per heavy atom. The Kier molecular flexibility index (Phi) is 4.98. The van der Waals surface area contributed by atoms with Crippen LogP contribution in [-0.4, -0.2) is 61.0 Å². The standard InChI is InChI=1S/C20H22N6O3/c1-2-20(10-25(8-9-27)19(20)29)11-26-13-23-16-15(21-12-22-16)17(26)24-18(28)14-6-4-3-5-7-14/h3-7,12-13,27H,2,8-11H2,1H3,(H,21,22). The van der Waals surface area contributed by atoms with Gasteiger partial charge in [-0.15, -0.1) is 0 Å². The van der Waals surface area contributed by atoms with E-state index in [0.717, 1.165) is 0 Å². The van der Waals surface area contributed by atoms with Crippen LogP contribution in [0.2, 0.25) is 0 Å². The van der Waals surface area contributed by atoms with Gasteiger partial charge in [0.05, 0.1) is 24.7 Å². The molecule has 150 valence electrons. The van der Waals surface area contributed by atoms with E-state index in [-0.39, 0.29) is 18.4 Å². The molecule has 1 atom stereocenters. The average Bonchev–Trinajstić information content (AvgIpc) is 3.23. The lowest BCUT2D eigenvalue weighted by Crippen LogP contribution is -2.63. The first-order valence-corrected chi connectivity index (χ1v) is 9.51. The minimum Gasteiger partial charge on any atom is -0.395 e. The summed E-state index contributed by atoms with van der Waals surface area (Å²) in [7, 11) is 0. The molecule has 1 saturated heterocycles. The maximum absolute atomic E-state index is 12.7. The molecule has 3 aromatic rings. The molecule has 9 heteroatoms. The summed E-state index contributed by atoms with van der Waals surface area (Å²) < 4.78 is 1.74. The molecule has 1 unspecified atom stereocenters. The van der Waals surface area contributed by atoms with E-state index in [1.165, 1.54) is 6.33 Å². The van der Waals surface area contributed by atoms with Crippen molar-refractivity contribution < 1.29 is 14.7 Å². The van der Waals surface area contributed by atoms with Crippen molar-refractivity contribution in [3.63, 3.8) is 0 Å². The van der Waals surface area contributed by atoms with Crippen LogP contribution in [0.25, 0.3) is 11.2 Å². The number of carbonyl (C=O) groups is 2. The number of nitrogens with zero attached hydrogens (tertiary/aromatic N) is 5. The van der Waals surface area contributed by atoms with Crippen LogP contribution in [0, 0.1) is 5.41 Å². The summed E-state index contributed by atoms with van der Waals surface area (Å²) in [6.07, 6.45) is 3.70. The van der Waals surface area contributed by atoms with E-state index in [1.54, 1.807) is 40.1 Å². The molecule has 0 saturated carbocycles. The van der Waals surface area contributed by atoms with Crippen LogP contribution >= 0.6 is 0 Å². The van der Waals surface area contributed by atoms with Gasteiger partial charge in [-0.2, -0.15) is 4.99 Å². The van der Waals surface area contributed by atoms with Gasteiger partial charge in [0.2, 0.25) is 5.91 Å². The number of aliphatic hydroxyl groups excluding tert-OH is 1. The van der Waals surface area contributed by atoms with Gasteiger partial charge >= 0.3 is 0 Å². The van der Waals surface area contributed by atoms with Crippen molar-refractivity contribution >= 4 is 23.0 Å². The van der Waals surface area contributed by atoms with Gasteiger partial charge in [-0.25, -0.2) is 9.97 Å². The quantitative estimate of drug-likeness (QED) is 0.598. The monoisotopic (exact) mass is 394 g/mol. The van der Waals surface area contributed by atoms with Crippen molar-refractivity contribution in [3.8, 4) is 0 Å². The SMILES string of the molecule is CCC1(Cn2cnc3nc[nH]c3c2=NC(=O)c2ccccc2)CN(CCO)C1=O. The van der Waals surface area contributed by atoms with Crippen LogP contribution in [0.3, 0.4) is 0 Å².